The smallest absolute Gasteiger partial charge is 0.206 e. The normalized spacial score (nSPS) is 11.1. The van der Waals surface area contributed by atoms with Crippen LogP contribution in [0.25, 0.3) is 44.9 Å². The Hall–Kier alpha value is -3.23. The highest BCUT2D eigenvalue weighted by Crippen LogP contribution is 2.46. The van der Waals surface area contributed by atoms with Gasteiger partial charge in [-0.2, -0.15) is 0 Å². The Bertz CT molecular complexity index is 1390. The summed E-state index contributed by atoms with van der Waals surface area (Å²) in [6.07, 6.45) is 0. The molecule has 0 atom stereocenters. The van der Waals surface area contributed by atoms with Crippen LogP contribution in [-0.2, 0) is 0 Å². The Morgan fingerprint density at radius 3 is 1.88 bits per heavy atom. The topological polar surface area (TPSA) is 11.3 Å². The highest BCUT2D eigenvalue weighted by atomic mass is 79.9. The molecule has 2 heteroatoms. The van der Waals surface area contributed by atoms with E-state index in [9.17, 15) is 0 Å². The van der Waals surface area contributed by atoms with E-state index in [0.29, 0.717) is 0 Å². The van der Waals surface area contributed by atoms with E-state index in [-0.39, 0.29) is 0 Å². The SMILES string of the molecule is Cc1cc(C)c2ccc(-c3cc(-c4ccccc4)[o+]c(-c4ccccc4)c3Br)c-2c(C)c1. The number of rotatable bonds is 3. The molecule has 0 bridgehead atoms. The molecule has 1 aromatic heterocycles. The molecular weight excluding hydrogens is 456 g/mol. The number of hydrogen-bond acceptors (Lipinski definition) is 0. The lowest BCUT2D eigenvalue weighted by atomic mass is 9.96. The van der Waals surface area contributed by atoms with Crippen molar-refractivity contribution < 1.29 is 4.42 Å². The first kappa shape index (κ1) is 20.7. The first-order valence-corrected chi connectivity index (χ1v) is 11.6. The van der Waals surface area contributed by atoms with E-state index < -0.39 is 0 Å². The molecule has 0 unspecified atom stereocenters. The molecule has 1 nitrogen and oxygen atoms in total. The summed E-state index contributed by atoms with van der Waals surface area (Å²) in [4.78, 5) is 0. The molecule has 32 heavy (non-hydrogen) atoms. The maximum Gasteiger partial charge on any atom is 0.375 e. The van der Waals surface area contributed by atoms with Crippen molar-refractivity contribution in [1.82, 2.24) is 0 Å². The molecule has 0 aliphatic heterocycles. The third kappa shape index (κ3) is 3.65. The van der Waals surface area contributed by atoms with Crippen LogP contribution in [0.3, 0.4) is 0 Å². The minimum atomic E-state index is 0.835. The second kappa shape index (κ2) is 8.37. The van der Waals surface area contributed by atoms with Crippen molar-refractivity contribution in [3.8, 4) is 44.9 Å². The summed E-state index contributed by atoms with van der Waals surface area (Å²) in [6, 6.07) is 31.8. The van der Waals surface area contributed by atoms with Crippen LogP contribution < -0.4 is 0 Å². The molecule has 0 N–H and O–H groups in total. The van der Waals surface area contributed by atoms with Gasteiger partial charge in [-0.1, -0.05) is 66.2 Å². The fraction of sp³-hybridized carbons (Fsp3) is 0.100. The van der Waals surface area contributed by atoms with Gasteiger partial charge in [0.15, 0.2) is 0 Å². The van der Waals surface area contributed by atoms with Gasteiger partial charge in [-0.3, -0.25) is 0 Å². The zero-order chi connectivity index (χ0) is 22.2. The molecule has 2 aliphatic rings. The summed E-state index contributed by atoms with van der Waals surface area (Å²) >= 11 is 3.91. The molecule has 3 aromatic rings. The van der Waals surface area contributed by atoms with Crippen LogP contribution in [0.15, 0.2) is 99.9 Å². The van der Waals surface area contributed by atoms with Crippen LogP contribution in [0, 0.1) is 20.8 Å². The number of aryl methyl sites for hydroxylation is 3. The number of fused-ring (bicyclic) bond motifs is 1. The van der Waals surface area contributed by atoms with Gasteiger partial charge in [0.25, 0.3) is 0 Å². The molecule has 0 fully saturated rings. The van der Waals surface area contributed by atoms with Crippen LogP contribution in [0.2, 0.25) is 0 Å². The number of halogens is 1. The Balaban J connectivity index is 1.83. The van der Waals surface area contributed by atoms with Gasteiger partial charge >= 0.3 is 11.5 Å². The van der Waals surface area contributed by atoms with Crippen molar-refractivity contribution in [2.45, 2.75) is 20.8 Å². The van der Waals surface area contributed by atoms with Gasteiger partial charge in [0, 0.05) is 5.56 Å². The molecule has 5 rings (SSSR count). The molecule has 0 amide bonds. The molecule has 1 heterocycles. The molecular formula is C30H24BrO+. The quantitative estimate of drug-likeness (QED) is 0.234. The first-order valence-electron chi connectivity index (χ1n) is 10.8. The molecule has 0 saturated heterocycles. The van der Waals surface area contributed by atoms with E-state index in [1.54, 1.807) is 0 Å². The van der Waals surface area contributed by atoms with Gasteiger partial charge in [-0.05, 0) is 88.8 Å². The van der Waals surface area contributed by atoms with Crippen LogP contribution in [0.1, 0.15) is 16.7 Å². The zero-order valence-electron chi connectivity index (χ0n) is 18.4. The number of benzene rings is 2. The standard InChI is InChI=1S/C30H24BrO/c1-19-16-20(2)24-14-15-25(28(24)21(3)17-19)26-18-27(22-10-6-4-7-11-22)32-30(29(26)31)23-12-8-5-9-13-23/h4-18H,1-3H3/q+1. The summed E-state index contributed by atoms with van der Waals surface area (Å²) < 4.78 is 7.44. The molecule has 0 spiro atoms. The minimum Gasteiger partial charge on any atom is -0.206 e. The van der Waals surface area contributed by atoms with Gasteiger partial charge in [-0.15, -0.1) is 0 Å². The first-order chi connectivity index (χ1) is 15.5. The monoisotopic (exact) mass is 479 g/mol. The summed E-state index contributed by atoms with van der Waals surface area (Å²) in [5, 5.41) is 0. The fourth-order valence-corrected chi connectivity index (χ4v) is 5.19. The Morgan fingerprint density at radius 1 is 0.594 bits per heavy atom. The van der Waals surface area contributed by atoms with E-state index >= 15 is 0 Å². The molecule has 156 valence electrons. The van der Waals surface area contributed by atoms with E-state index in [1.807, 2.05) is 36.4 Å². The van der Waals surface area contributed by atoms with Crippen LogP contribution in [0.4, 0.5) is 0 Å². The van der Waals surface area contributed by atoms with Crippen molar-refractivity contribution in [1.29, 1.82) is 0 Å². The Kier molecular flexibility index (Phi) is 5.40. The molecule has 2 aliphatic carbocycles. The summed E-state index contributed by atoms with van der Waals surface area (Å²) in [7, 11) is 0. The lowest BCUT2D eigenvalue weighted by molar-refractivity contribution is 0.579. The third-order valence-electron chi connectivity index (χ3n) is 5.97. The fourth-order valence-electron chi connectivity index (χ4n) is 4.55. The van der Waals surface area contributed by atoms with Gasteiger partial charge in [-0.25, -0.2) is 4.42 Å². The van der Waals surface area contributed by atoms with Crippen LogP contribution >= 0.6 is 15.9 Å². The van der Waals surface area contributed by atoms with Crippen LogP contribution in [-0.4, -0.2) is 0 Å². The van der Waals surface area contributed by atoms with Gasteiger partial charge < -0.3 is 0 Å². The zero-order valence-corrected chi connectivity index (χ0v) is 20.0. The summed E-state index contributed by atoms with van der Waals surface area (Å²) in [5.41, 5.74) is 10.9. The van der Waals surface area contributed by atoms with E-state index in [1.165, 1.54) is 33.4 Å². The second-order valence-corrected chi connectivity index (χ2v) is 9.13. The Morgan fingerprint density at radius 2 is 1.19 bits per heavy atom. The summed E-state index contributed by atoms with van der Waals surface area (Å²) in [6.45, 7) is 6.56. The highest BCUT2D eigenvalue weighted by molar-refractivity contribution is 9.10. The number of hydrogen-bond donors (Lipinski definition) is 0. The third-order valence-corrected chi connectivity index (χ3v) is 6.76. The Labute approximate surface area is 197 Å². The maximum atomic E-state index is 6.48. The van der Waals surface area contributed by atoms with Crippen molar-refractivity contribution >= 4 is 15.9 Å². The average molecular weight is 480 g/mol. The van der Waals surface area contributed by atoms with Crippen molar-refractivity contribution in [2.24, 2.45) is 0 Å². The predicted octanol–water partition coefficient (Wildman–Crippen LogP) is 9.35. The average Bonchev–Trinajstić information content (AvgIpc) is 3.21. The van der Waals surface area contributed by atoms with E-state index in [4.69, 9.17) is 4.42 Å². The largest absolute Gasteiger partial charge is 0.375 e. The minimum absolute atomic E-state index is 0.835. The maximum absolute atomic E-state index is 6.48. The molecule has 2 aromatic carbocycles. The molecule has 0 radical (unpaired) electrons. The second-order valence-electron chi connectivity index (χ2n) is 8.33. The van der Waals surface area contributed by atoms with Gasteiger partial charge in [0.2, 0.25) is 0 Å². The summed E-state index contributed by atoms with van der Waals surface area (Å²) in [5.74, 6) is 1.69. The highest BCUT2D eigenvalue weighted by Gasteiger charge is 2.28. The lowest BCUT2D eigenvalue weighted by Crippen LogP contribution is -1.90. The van der Waals surface area contributed by atoms with Crippen LogP contribution in [0.5, 0.6) is 0 Å². The van der Waals surface area contributed by atoms with E-state index in [0.717, 1.165) is 32.7 Å². The van der Waals surface area contributed by atoms with Gasteiger partial charge in [0.05, 0.1) is 17.2 Å². The van der Waals surface area contributed by atoms with E-state index in [2.05, 4.69) is 91.3 Å². The van der Waals surface area contributed by atoms with Crippen molar-refractivity contribution in [2.75, 3.05) is 0 Å². The van der Waals surface area contributed by atoms with Crippen molar-refractivity contribution in [3.63, 3.8) is 0 Å². The lowest BCUT2D eigenvalue weighted by Gasteiger charge is -2.09. The van der Waals surface area contributed by atoms with Gasteiger partial charge in [0.1, 0.15) is 4.47 Å². The predicted molar refractivity (Wildman–Crippen MR) is 138 cm³/mol. The van der Waals surface area contributed by atoms with Crippen molar-refractivity contribution in [3.05, 3.63) is 112 Å². The molecule has 0 saturated carbocycles.